The lowest BCUT2D eigenvalue weighted by atomic mass is 10.1. The van der Waals surface area contributed by atoms with Crippen molar-refractivity contribution in [3.63, 3.8) is 0 Å². The van der Waals surface area contributed by atoms with Crippen molar-refractivity contribution >= 4 is 5.97 Å². The highest BCUT2D eigenvalue weighted by atomic mass is 16.5. The maximum Gasteiger partial charge on any atom is 0.309 e. The lowest BCUT2D eigenvalue weighted by Gasteiger charge is -2.15. The van der Waals surface area contributed by atoms with Gasteiger partial charge in [-0.05, 0) is 18.6 Å². The zero-order chi connectivity index (χ0) is 11.1. The minimum absolute atomic E-state index is 0.0172. The van der Waals surface area contributed by atoms with Crippen LogP contribution in [0.15, 0.2) is 24.3 Å². The van der Waals surface area contributed by atoms with E-state index < -0.39 is 0 Å². The van der Waals surface area contributed by atoms with Crippen molar-refractivity contribution in [3.8, 4) is 5.75 Å². The highest BCUT2D eigenvalue weighted by Gasteiger charge is 2.59. The quantitative estimate of drug-likeness (QED) is 0.712. The Labute approximate surface area is 94.4 Å². The summed E-state index contributed by atoms with van der Waals surface area (Å²) in [6.45, 7) is 2.94. The second-order valence-corrected chi connectivity index (χ2v) is 4.32. The number of fused-ring (bicyclic) bond motifs is 3. The van der Waals surface area contributed by atoms with Gasteiger partial charge in [0.15, 0.2) is 0 Å². The predicted molar refractivity (Wildman–Crippen MR) is 58.3 cm³/mol. The van der Waals surface area contributed by atoms with Crippen molar-refractivity contribution in [1.29, 1.82) is 0 Å². The molecular formula is C13H14O3. The Bertz CT molecular complexity index is 427. The summed E-state index contributed by atoms with van der Waals surface area (Å²) in [5.41, 5.74) is 1.16. The lowest BCUT2D eigenvalue weighted by Crippen LogP contribution is -2.10. The molecule has 3 heteroatoms. The summed E-state index contributed by atoms with van der Waals surface area (Å²) in [7, 11) is 0. The highest BCUT2D eigenvalue weighted by molar-refractivity contribution is 5.79. The van der Waals surface area contributed by atoms with E-state index in [4.69, 9.17) is 9.47 Å². The molecule has 1 saturated carbocycles. The van der Waals surface area contributed by atoms with Crippen LogP contribution in [0.25, 0.3) is 0 Å². The molecule has 1 aliphatic carbocycles. The van der Waals surface area contributed by atoms with Crippen LogP contribution in [0.2, 0.25) is 0 Å². The van der Waals surface area contributed by atoms with Crippen LogP contribution < -0.4 is 4.74 Å². The summed E-state index contributed by atoms with van der Waals surface area (Å²) in [4.78, 5) is 11.7. The minimum atomic E-state index is -0.0715. The van der Waals surface area contributed by atoms with E-state index in [9.17, 15) is 4.79 Å². The van der Waals surface area contributed by atoms with E-state index in [-0.39, 0.29) is 11.9 Å². The summed E-state index contributed by atoms with van der Waals surface area (Å²) in [5, 5.41) is 0. The monoisotopic (exact) mass is 218 g/mol. The van der Waals surface area contributed by atoms with Crippen molar-refractivity contribution in [3.05, 3.63) is 29.8 Å². The number of carbonyl (C=O) groups excluding carboxylic acids is 1. The maximum absolute atomic E-state index is 11.7. The van der Waals surface area contributed by atoms with E-state index in [1.54, 1.807) is 0 Å². The number of esters is 1. The standard InChI is InChI=1S/C13H14O3/c1-2-15-13(14)12-9-7-16-10-6-4-3-5-8(10)11(9)12/h3-6,9,11-12H,2,7H2,1H3/t9-,11+,12?/m0/s1. The van der Waals surface area contributed by atoms with Crippen molar-refractivity contribution in [1.82, 2.24) is 0 Å². The van der Waals surface area contributed by atoms with Gasteiger partial charge in [0.25, 0.3) is 0 Å². The molecule has 0 aromatic heterocycles. The molecule has 1 aromatic carbocycles. The van der Waals surface area contributed by atoms with Gasteiger partial charge in [-0.3, -0.25) is 4.79 Å². The van der Waals surface area contributed by atoms with Gasteiger partial charge < -0.3 is 9.47 Å². The number of carbonyl (C=O) groups is 1. The van der Waals surface area contributed by atoms with Crippen LogP contribution in [0.1, 0.15) is 18.4 Å². The number of rotatable bonds is 2. The van der Waals surface area contributed by atoms with E-state index in [2.05, 4.69) is 0 Å². The van der Waals surface area contributed by atoms with E-state index in [1.165, 1.54) is 0 Å². The first-order valence-corrected chi connectivity index (χ1v) is 5.71. The molecule has 3 atom stereocenters. The molecule has 3 rings (SSSR count). The Morgan fingerprint density at radius 3 is 3.12 bits per heavy atom. The van der Waals surface area contributed by atoms with Crippen molar-refractivity contribution in [2.75, 3.05) is 13.2 Å². The fourth-order valence-corrected chi connectivity index (χ4v) is 2.64. The second kappa shape index (κ2) is 3.51. The molecule has 2 aliphatic rings. The van der Waals surface area contributed by atoms with Crippen LogP contribution in [-0.4, -0.2) is 19.2 Å². The predicted octanol–water partition coefficient (Wildman–Crippen LogP) is 1.97. The Balaban J connectivity index is 1.85. The van der Waals surface area contributed by atoms with Gasteiger partial charge in [-0.25, -0.2) is 0 Å². The van der Waals surface area contributed by atoms with Crippen LogP contribution in [0, 0.1) is 11.8 Å². The third-order valence-electron chi connectivity index (χ3n) is 3.44. The molecule has 0 spiro atoms. The van der Waals surface area contributed by atoms with Crippen LogP contribution >= 0.6 is 0 Å². The summed E-state index contributed by atoms with van der Waals surface area (Å²) >= 11 is 0. The Hall–Kier alpha value is -1.51. The number of hydrogen-bond acceptors (Lipinski definition) is 3. The summed E-state index contributed by atoms with van der Waals surface area (Å²) in [6, 6.07) is 7.96. The number of hydrogen-bond donors (Lipinski definition) is 0. The first-order chi connectivity index (χ1) is 7.83. The van der Waals surface area contributed by atoms with Gasteiger partial charge in [0, 0.05) is 11.8 Å². The van der Waals surface area contributed by atoms with Gasteiger partial charge in [0.1, 0.15) is 5.75 Å². The molecule has 1 unspecified atom stereocenters. The fourth-order valence-electron chi connectivity index (χ4n) is 2.64. The first kappa shape index (κ1) is 9.70. The highest BCUT2D eigenvalue weighted by Crippen LogP contribution is 2.59. The maximum atomic E-state index is 11.7. The second-order valence-electron chi connectivity index (χ2n) is 4.32. The van der Waals surface area contributed by atoms with Gasteiger partial charge in [-0.1, -0.05) is 18.2 Å². The van der Waals surface area contributed by atoms with Gasteiger partial charge in [-0.2, -0.15) is 0 Å². The number of ether oxygens (including phenoxy) is 2. The van der Waals surface area contributed by atoms with Crippen LogP contribution in [-0.2, 0) is 9.53 Å². The van der Waals surface area contributed by atoms with Gasteiger partial charge in [-0.15, -0.1) is 0 Å². The van der Waals surface area contributed by atoms with Gasteiger partial charge in [0.05, 0.1) is 19.1 Å². The average molecular weight is 218 g/mol. The smallest absolute Gasteiger partial charge is 0.309 e. The molecular weight excluding hydrogens is 204 g/mol. The van der Waals surface area contributed by atoms with E-state index in [0.29, 0.717) is 25.0 Å². The molecule has 1 aromatic rings. The van der Waals surface area contributed by atoms with Gasteiger partial charge in [0.2, 0.25) is 0 Å². The van der Waals surface area contributed by atoms with Crippen LogP contribution in [0.3, 0.4) is 0 Å². The molecule has 0 N–H and O–H groups in total. The third-order valence-corrected chi connectivity index (χ3v) is 3.44. The number of para-hydroxylation sites is 1. The van der Waals surface area contributed by atoms with E-state index >= 15 is 0 Å². The van der Waals surface area contributed by atoms with Crippen molar-refractivity contribution in [2.45, 2.75) is 12.8 Å². The van der Waals surface area contributed by atoms with Crippen LogP contribution in [0.5, 0.6) is 5.75 Å². The third kappa shape index (κ3) is 1.31. The first-order valence-electron chi connectivity index (χ1n) is 5.71. The van der Waals surface area contributed by atoms with Crippen molar-refractivity contribution in [2.24, 2.45) is 11.8 Å². The summed E-state index contributed by atoms with van der Waals surface area (Å²) < 4.78 is 10.7. The van der Waals surface area contributed by atoms with E-state index in [0.717, 1.165) is 11.3 Å². The molecule has 16 heavy (non-hydrogen) atoms. The normalized spacial score (nSPS) is 29.7. The average Bonchev–Trinajstić information content (AvgIpc) is 3.04. The number of benzene rings is 1. The largest absolute Gasteiger partial charge is 0.493 e. The molecule has 0 amide bonds. The Morgan fingerprint density at radius 2 is 2.31 bits per heavy atom. The topological polar surface area (TPSA) is 35.5 Å². The zero-order valence-electron chi connectivity index (χ0n) is 9.18. The zero-order valence-corrected chi connectivity index (χ0v) is 9.18. The molecule has 84 valence electrons. The Morgan fingerprint density at radius 1 is 1.50 bits per heavy atom. The molecule has 1 heterocycles. The molecule has 0 radical (unpaired) electrons. The molecule has 0 bridgehead atoms. The molecule has 1 fully saturated rings. The van der Waals surface area contributed by atoms with E-state index in [1.807, 2.05) is 31.2 Å². The molecule has 1 aliphatic heterocycles. The van der Waals surface area contributed by atoms with Gasteiger partial charge >= 0.3 is 5.97 Å². The fraction of sp³-hybridized carbons (Fsp3) is 0.462. The summed E-state index contributed by atoms with van der Waals surface area (Å²) in [5.74, 6) is 1.52. The lowest BCUT2D eigenvalue weighted by molar-refractivity contribution is -0.145. The Kier molecular flexibility index (Phi) is 2.13. The molecule has 0 saturated heterocycles. The minimum Gasteiger partial charge on any atom is -0.493 e. The molecule has 3 nitrogen and oxygen atoms in total. The van der Waals surface area contributed by atoms with Crippen molar-refractivity contribution < 1.29 is 14.3 Å². The van der Waals surface area contributed by atoms with Crippen LogP contribution in [0.4, 0.5) is 0 Å². The SMILES string of the molecule is CCOC(=O)C1[C@H]2COc3ccccc3[C@@H]12. The summed E-state index contributed by atoms with van der Waals surface area (Å²) in [6.07, 6.45) is 0.